The summed E-state index contributed by atoms with van der Waals surface area (Å²) in [4.78, 5) is 34.2. The zero-order valence-corrected chi connectivity index (χ0v) is 22.7. The lowest BCUT2D eigenvalue weighted by Crippen LogP contribution is -2.55. The fourth-order valence-electron chi connectivity index (χ4n) is 4.13. The number of aliphatic imine (C=N–C) groups is 1. The first-order chi connectivity index (χ1) is 18.9. The molecule has 4 aromatic rings. The van der Waals surface area contributed by atoms with Crippen molar-refractivity contribution in [3.05, 3.63) is 76.5 Å². The molecule has 3 aromatic carbocycles. The van der Waals surface area contributed by atoms with Gasteiger partial charge in [0.15, 0.2) is 5.13 Å². The van der Waals surface area contributed by atoms with Gasteiger partial charge in [0, 0.05) is 28.9 Å². The van der Waals surface area contributed by atoms with Gasteiger partial charge in [-0.05, 0) is 48.7 Å². The number of benzene rings is 3. The first-order valence-electron chi connectivity index (χ1n) is 12.2. The van der Waals surface area contributed by atoms with Crippen molar-refractivity contribution in [2.45, 2.75) is 24.9 Å². The van der Waals surface area contributed by atoms with Crippen LogP contribution in [0.25, 0.3) is 10.2 Å². The van der Waals surface area contributed by atoms with Crippen LogP contribution in [0.15, 0.2) is 70.1 Å². The van der Waals surface area contributed by atoms with E-state index in [-0.39, 0.29) is 23.9 Å². The van der Waals surface area contributed by atoms with E-state index in [1.165, 1.54) is 35.9 Å². The highest BCUT2D eigenvalue weighted by Crippen LogP contribution is 2.35. The molecule has 1 aliphatic heterocycles. The largest absolute Gasteiger partial charge is 0.457 e. The second-order valence-electron chi connectivity index (χ2n) is 9.27. The standard InChI is InChI=1S/C27H22BrFN6O3S/c28-19-4-2-1-3-16(19)13-27(30-14-31-35-27)25(37)32-22-11-17(7-9-20(22)29)38-18-8-10-21-23(12-18)39-26(33-21)34-24(36)15-5-6-15/h1-4,7-12,14-15,35H,5-6,13H2,(H,30,31)(H,32,37)(H,33,34,36). The summed E-state index contributed by atoms with van der Waals surface area (Å²) >= 11 is 4.86. The summed E-state index contributed by atoms with van der Waals surface area (Å²) in [6, 6.07) is 17.0. The summed E-state index contributed by atoms with van der Waals surface area (Å²) < 4.78 is 22.4. The molecule has 2 aliphatic rings. The maximum Gasteiger partial charge on any atom is 0.269 e. The molecule has 0 saturated heterocycles. The van der Waals surface area contributed by atoms with E-state index >= 15 is 0 Å². The van der Waals surface area contributed by atoms with Gasteiger partial charge < -0.3 is 20.8 Å². The number of carbonyl (C=O) groups is 2. The summed E-state index contributed by atoms with van der Waals surface area (Å²) in [5.41, 5.74) is 5.81. The average Bonchev–Trinajstić information content (AvgIpc) is 3.54. The number of aromatic nitrogens is 1. The van der Waals surface area contributed by atoms with Gasteiger partial charge in [0.1, 0.15) is 17.3 Å². The van der Waals surface area contributed by atoms with Crippen LogP contribution in [0.3, 0.4) is 0 Å². The smallest absolute Gasteiger partial charge is 0.269 e. The third kappa shape index (κ3) is 5.49. The van der Waals surface area contributed by atoms with Crippen LogP contribution in [-0.2, 0) is 16.0 Å². The van der Waals surface area contributed by atoms with Gasteiger partial charge in [-0.1, -0.05) is 45.5 Å². The second kappa shape index (κ2) is 10.4. The molecule has 39 heavy (non-hydrogen) atoms. The average molecular weight is 609 g/mol. The van der Waals surface area contributed by atoms with Crippen LogP contribution in [0.2, 0.25) is 0 Å². The SMILES string of the molecule is O=C(Nc1nc2ccc(Oc3ccc(F)c(NC(=O)C4(Cc5ccccc5Br)N=CNN4)c3)cc2s1)C1CC1. The fourth-order valence-corrected chi connectivity index (χ4v) is 5.45. The number of hydrogen-bond acceptors (Lipinski definition) is 8. The Kier molecular flexibility index (Phi) is 6.75. The summed E-state index contributed by atoms with van der Waals surface area (Å²) in [6.45, 7) is 0. The number of ether oxygens (including phenoxy) is 1. The molecule has 0 radical (unpaired) electrons. The number of thiazole rings is 1. The zero-order chi connectivity index (χ0) is 27.0. The minimum atomic E-state index is -1.38. The molecule has 1 aliphatic carbocycles. The van der Waals surface area contributed by atoms with Crippen LogP contribution in [0.4, 0.5) is 15.2 Å². The Bertz CT molecular complexity index is 1620. The molecular formula is C27H22BrFN6O3S. The van der Waals surface area contributed by atoms with Gasteiger partial charge in [-0.25, -0.2) is 19.8 Å². The molecule has 0 bridgehead atoms. The number of amides is 2. The van der Waals surface area contributed by atoms with Gasteiger partial charge in [-0.2, -0.15) is 0 Å². The quantitative estimate of drug-likeness (QED) is 0.214. The van der Waals surface area contributed by atoms with E-state index < -0.39 is 17.4 Å². The number of halogens is 2. The molecule has 2 heterocycles. The van der Waals surface area contributed by atoms with Crippen molar-refractivity contribution in [2.75, 3.05) is 10.6 Å². The topological polar surface area (TPSA) is 117 Å². The van der Waals surface area contributed by atoms with Gasteiger partial charge in [-0.15, -0.1) is 0 Å². The van der Waals surface area contributed by atoms with Crippen molar-refractivity contribution < 1.29 is 18.7 Å². The Balaban J connectivity index is 1.19. The highest BCUT2D eigenvalue weighted by molar-refractivity contribution is 9.10. The molecule has 9 nitrogen and oxygen atoms in total. The molecule has 6 rings (SSSR count). The van der Waals surface area contributed by atoms with Crippen molar-refractivity contribution in [1.29, 1.82) is 0 Å². The lowest BCUT2D eigenvalue weighted by Gasteiger charge is -2.25. The van der Waals surface area contributed by atoms with Gasteiger partial charge in [0.2, 0.25) is 11.6 Å². The van der Waals surface area contributed by atoms with Crippen LogP contribution >= 0.6 is 27.3 Å². The number of hydrazine groups is 1. The fraction of sp³-hybridized carbons (Fsp3) is 0.185. The predicted molar refractivity (Wildman–Crippen MR) is 151 cm³/mol. The Labute approximate surface area is 235 Å². The molecule has 1 atom stereocenters. The molecular weight excluding hydrogens is 587 g/mol. The van der Waals surface area contributed by atoms with Gasteiger partial charge in [-0.3, -0.25) is 9.59 Å². The second-order valence-corrected chi connectivity index (χ2v) is 11.2. The summed E-state index contributed by atoms with van der Waals surface area (Å²) in [5.74, 6) is -0.228. The summed E-state index contributed by atoms with van der Waals surface area (Å²) in [7, 11) is 0. The van der Waals surface area contributed by atoms with E-state index in [0.717, 1.165) is 33.1 Å². The van der Waals surface area contributed by atoms with Gasteiger partial charge in [0.25, 0.3) is 5.91 Å². The van der Waals surface area contributed by atoms with E-state index in [2.05, 4.69) is 47.4 Å². The number of anilines is 2. The summed E-state index contributed by atoms with van der Waals surface area (Å²) in [6.07, 6.45) is 3.45. The molecule has 0 spiro atoms. The number of hydrogen-bond donors (Lipinski definition) is 4. The van der Waals surface area contributed by atoms with Gasteiger partial charge in [0.05, 0.1) is 22.2 Å². The van der Waals surface area contributed by atoms with E-state index in [1.54, 1.807) is 18.2 Å². The normalized spacial score (nSPS) is 18.1. The maximum atomic E-state index is 14.8. The molecule has 4 N–H and O–H groups in total. The number of rotatable bonds is 8. The first-order valence-corrected chi connectivity index (χ1v) is 13.8. The summed E-state index contributed by atoms with van der Waals surface area (Å²) in [5, 5.41) is 6.05. The lowest BCUT2D eigenvalue weighted by atomic mass is 9.99. The molecule has 198 valence electrons. The van der Waals surface area contributed by atoms with Crippen LogP contribution < -0.4 is 26.2 Å². The number of nitrogens with one attached hydrogen (secondary N) is 4. The highest BCUT2D eigenvalue weighted by Gasteiger charge is 2.41. The number of carbonyl (C=O) groups excluding carboxylic acids is 2. The highest BCUT2D eigenvalue weighted by atomic mass is 79.9. The Morgan fingerprint density at radius 2 is 1.90 bits per heavy atom. The van der Waals surface area contributed by atoms with E-state index in [9.17, 15) is 14.0 Å². The minimum absolute atomic E-state index is 0.00104. The molecule has 1 fully saturated rings. The monoisotopic (exact) mass is 608 g/mol. The lowest BCUT2D eigenvalue weighted by molar-refractivity contribution is -0.122. The van der Waals surface area contributed by atoms with Crippen LogP contribution in [0.1, 0.15) is 18.4 Å². The molecule has 1 aromatic heterocycles. The molecule has 12 heteroatoms. The van der Waals surface area contributed by atoms with Crippen LogP contribution in [0, 0.1) is 11.7 Å². The van der Waals surface area contributed by atoms with Crippen molar-refractivity contribution in [3.63, 3.8) is 0 Å². The third-order valence-electron chi connectivity index (χ3n) is 6.37. The molecule has 2 amide bonds. The van der Waals surface area contributed by atoms with Crippen LogP contribution in [-0.4, -0.2) is 28.8 Å². The van der Waals surface area contributed by atoms with E-state index in [4.69, 9.17) is 4.74 Å². The van der Waals surface area contributed by atoms with Crippen molar-refractivity contribution in [2.24, 2.45) is 10.9 Å². The number of nitrogens with zero attached hydrogens (tertiary/aromatic N) is 2. The minimum Gasteiger partial charge on any atom is -0.457 e. The Hall–Kier alpha value is -3.87. The van der Waals surface area contributed by atoms with Crippen molar-refractivity contribution >= 4 is 66.5 Å². The Morgan fingerprint density at radius 1 is 1.10 bits per heavy atom. The zero-order valence-electron chi connectivity index (χ0n) is 20.3. The third-order valence-corrected chi connectivity index (χ3v) is 8.08. The number of fused-ring (bicyclic) bond motifs is 1. The molecule has 1 saturated carbocycles. The molecule has 1 unspecified atom stereocenters. The van der Waals surface area contributed by atoms with Crippen molar-refractivity contribution in [1.82, 2.24) is 15.8 Å². The van der Waals surface area contributed by atoms with E-state index in [0.29, 0.717) is 16.6 Å². The predicted octanol–water partition coefficient (Wildman–Crippen LogP) is 5.35. The first kappa shape index (κ1) is 25.4. The van der Waals surface area contributed by atoms with Gasteiger partial charge >= 0.3 is 0 Å². The van der Waals surface area contributed by atoms with E-state index in [1.807, 2.05) is 24.3 Å². The van der Waals surface area contributed by atoms with Crippen LogP contribution in [0.5, 0.6) is 11.5 Å². The maximum absolute atomic E-state index is 14.8. The Morgan fingerprint density at radius 3 is 2.67 bits per heavy atom. The van der Waals surface area contributed by atoms with Crippen molar-refractivity contribution in [3.8, 4) is 11.5 Å².